The van der Waals surface area contributed by atoms with E-state index < -0.39 is 21.5 Å². The summed E-state index contributed by atoms with van der Waals surface area (Å²) in [4.78, 5) is 13.1. The van der Waals surface area contributed by atoms with Gasteiger partial charge in [-0.1, -0.05) is 43.3 Å². The summed E-state index contributed by atoms with van der Waals surface area (Å²) >= 11 is 0. The van der Waals surface area contributed by atoms with Crippen LogP contribution in [0.1, 0.15) is 49.5 Å². The van der Waals surface area contributed by atoms with Gasteiger partial charge in [0.25, 0.3) is 0 Å². The number of rotatable bonds is 6. The summed E-state index contributed by atoms with van der Waals surface area (Å²) in [6.45, 7) is 7.02. The van der Waals surface area contributed by atoms with Crippen molar-refractivity contribution in [3.8, 4) is 5.75 Å². The van der Waals surface area contributed by atoms with Crippen LogP contribution in [0.4, 0.5) is 0 Å². The molecule has 0 fully saturated rings. The maximum atomic E-state index is 13.1. The fourth-order valence-electron chi connectivity index (χ4n) is 2.76. The number of para-hydroxylation sites is 1. The molecule has 0 aromatic heterocycles. The lowest BCUT2D eigenvalue weighted by molar-refractivity contribution is 0.0961. The van der Waals surface area contributed by atoms with Gasteiger partial charge in [0, 0.05) is 22.6 Å². The second kappa shape index (κ2) is 7.60. The van der Waals surface area contributed by atoms with E-state index in [-0.39, 0.29) is 16.2 Å². The van der Waals surface area contributed by atoms with Crippen molar-refractivity contribution in [2.45, 2.75) is 44.0 Å². The molecule has 1 unspecified atom stereocenters. The van der Waals surface area contributed by atoms with Crippen LogP contribution in [0.3, 0.4) is 0 Å². The molecule has 0 heterocycles. The molecule has 1 atom stereocenters. The largest absolute Gasteiger partial charge is 0.496 e. The number of Topliss-reactive ketones (excluding diaryl/α,β-unsaturated/α-hetero) is 1. The fraction of sp³-hybridized carbons (Fsp3) is 0.350. The van der Waals surface area contributed by atoms with Gasteiger partial charge in [0.05, 0.1) is 12.0 Å². The van der Waals surface area contributed by atoms with Gasteiger partial charge < -0.3 is 4.74 Å². The van der Waals surface area contributed by atoms with Crippen LogP contribution in [0.2, 0.25) is 0 Å². The van der Waals surface area contributed by atoms with Crippen molar-refractivity contribution in [1.29, 1.82) is 0 Å². The number of ether oxygens (including phenoxy) is 1. The molecule has 6 heteroatoms. The van der Waals surface area contributed by atoms with E-state index in [0.29, 0.717) is 5.75 Å². The summed E-state index contributed by atoms with van der Waals surface area (Å²) in [6.07, 6.45) is 0. The van der Waals surface area contributed by atoms with Crippen molar-refractivity contribution in [1.82, 2.24) is 4.72 Å². The summed E-state index contributed by atoms with van der Waals surface area (Å²) in [5, 5.41) is 0. The van der Waals surface area contributed by atoms with Crippen molar-refractivity contribution in [3.05, 3.63) is 59.7 Å². The molecule has 2 aromatic rings. The van der Waals surface area contributed by atoms with E-state index in [1.54, 1.807) is 59.1 Å². The molecule has 0 saturated heterocycles. The standard InChI is InChI=1S/C20H25NO4S/c1-14(15-10-6-8-12-17(15)25-5)19(22)16-11-7-9-13-18(16)26(23,24)21-20(2,3)4/h6-14,21H,1-5H3. The Morgan fingerprint density at radius 1 is 1.04 bits per heavy atom. The van der Waals surface area contributed by atoms with Crippen LogP contribution in [0.15, 0.2) is 53.4 Å². The third kappa shape index (κ3) is 4.51. The molecule has 2 rings (SSSR count). The highest BCUT2D eigenvalue weighted by Crippen LogP contribution is 2.30. The third-order valence-electron chi connectivity index (χ3n) is 3.88. The number of carbonyl (C=O) groups is 1. The van der Waals surface area contributed by atoms with Gasteiger partial charge in [-0.3, -0.25) is 4.79 Å². The quantitative estimate of drug-likeness (QED) is 0.780. The molecule has 0 aliphatic rings. The first kappa shape index (κ1) is 20.1. The highest BCUT2D eigenvalue weighted by atomic mass is 32.2. The molecule has 1 N–H and O–H groups in total. The first-order valence-corrected chi connectivity index (χ1v) is 9.85. The predicted molar refractivity (Wildman–Crippen MR) is 102 cm³/mol. The first-order valence-electron chi connectivity index (χ1n) is 8.37. The monoisotopic (exact) mass is 375 g/mol. The van der Waals surface area contributed by atoms with Crippen molar-refractivity contribution in [2.24, 2.45) is 0 Å². The number of hydrogen-bond donors (Lipinski definition) is 1. The Hall–Kier alpha value is -2.18. The summed E-state index contributed by atoms with van der Waals surface area (Å²) < 4.78 is 33.5. The number of carbonyl (C=O) groups excluding carboxylic acids is 1. The molecule has 0 aliphatic carbocycles. The smallest absolute Gasteiger partial charge is 0.241 e. The number of nitrogens with one attached hydrogen (secondary N) is 1. The number of methoxy groups -OCH3 is 1. The highest BCUT2D eigenvalue weighted by molar-refractivity contribution is 7.89. The van der Waals surface area contributed by atoms with Gasteiger partial charge in [0.2, 0.25) is 10.0 Å². The van der Waals surface area contributed by atoms with Crippen molar-refractivity contribution < 1.29 is 17.9 Å². The molecular weight excluding hydrogens is 350 g/mol. The molecule has 0 bridgehead atoms. The molecule has 2 aromatic carbocycles. The Balaban J connectivity index is 2.48. The second-order valence-corrected chi connectivity index (χ2v) is 8.83. The molecule has 0 aliphatic heterocycles. The average Bonchev–Trinajstić information content (AvgIpc) is 2.58. The topological polar surface area (TPSA) is 72.5 Å². The molecular formula is C20H25NO4S. The lowest BCUT2D eigenvalue weighted by Gasteiger charge is -2.22. The molecule has 0 radical (unpaired) electrons. The van der Waals surface area contributed by atoms with Crippen LogP contribution >= 0.6 is 0 Å². The van der Waals surface area contributed by atoms with E-state index in [4.69, 9.17) is 4.74 Å². The summed E-state index contributed by atoms with van der Waals surface area (Å²) in [5.74, 6) is -0.219. The van der Waals surface area contributed by atoms with Crippen LogP contribution in [0, 0.1) is 0 Å². The summed E-state index contributed by atoms with van der Waals surface area (Å²) in [7, 11) is -2.28. The minimum atomic E-state index is -3.83. The predicted octanol–water partition coefficient (Wildman–Crippen LogP) is 3.76. The Labute approximate surface area is 155 Å². The molecule has 0 amide bonds. The third-order valence-corrected chi connectivity index (χ3v) is 5.70. The Morgan fingerprint density at radius 3 is 2.23 bits per heavy atom. The van der Waals surface area contributed by atoms with E-state index in [1.165, 1.54) is 6.07 Å². The van der Waals surface area contributed by atoms with Crippen LogP contribution < -0.4 is 9.46 Å². The molecule has 26 heavy (non-hydrogen) atoms. The first-order chi connectivity index (χ1) is 12.1. The summed E-state index contributed by atoms with van der Waals surface area (Å²) in [5.41, 5.74) is 0.238. The van der Waals surface area contributed by atoms with Crippen molar-refractivity contribution in [2.75, 3.05) is 7.11 Å². The zero-order valence-corrected chi connectivity index (χ0v) is 16.6. The van der Waals surface area contributed by atoms with Gasteiger partial charge in [-0.05, 0) is 32.9 Å². The average molecular weight is 375 g/mol. The summed E-state index contributed by atoms with van der Waals surface area (Å²) in [6, 6.07) is 13.5. The molecule has 5 nitrogen and oxygen atoms in total. The molecule has 140 valence electrons. The second-order valence-electron chi connectivity index (χ2n) is 7.18. The normalized spacial score (nSPS) is 13.3. The lowest BCUT2D eigenvalue weighted by Crippen LogP contribution is -2.41. The zero-order valence-electron chi connectivity index (χ0n) is 15.7. The maximum Gasteiger partial charge on any atom is 0.241 e. The van der Waals surface area contributed by atoms with Gasteiger partial charge in [0.15, 0.2) is 5.78 Å². The number of ketones is 1. The van der Waals surface area contributed by atoms with Crippen LogP contribution in [-0.2, 0) is 10.0 Å². The van der Waals surface area contributed by atoms with Gasteiger partial charge in [-0.25, -0.2) is 13.1 Å². The minimum absolute atomic E-state index is 0.0123. The van der Waals surface area contributed by atoms with E-state index in [2.05, 4.69) is 4.72 Å². The number of sulfonamides is 1. The Morgan fingerprint density at radius 2 is 1.62 bits per heavy atom. The van der Waals surface area contributed by atoms with Crippen molar-refractivity contribution >= 4 is 15.8 Å². The number of benzene rings is 2. The maximum absolute atomic E-state index is 13.1. The zero-order chi connectivity index (χ0) is 19.5. The van der Waals surface area contributed by atoms with Gasteiger partial charge in [-0.15, -0.1) is 0 Å². The van der Waals surface area contributed by atoms with Crippen molar-refractivity contribution in [3.63, 3.8) is 0 Å². The number of hydrogen-bond acceptors (Lipinski definition) is 4. The molecule has 0 saturated carbocycles. The van der Waals surface area contributed by atoms with Gasteiger partial charge >= 0.3 is 0 Å². The van der Waals surface area contributed by atoms with E-state index in [1.807, 2.05) is 18.2 Å². The van der Waals surface area contributed by atoms with Crippen LogP contribution in [-0.4, -0.2) is 26.8 Å². The van der Waals surface area contributed by atoms with E-state index >= 15 is 0 Å². The van der Waals surface area contributed by atoms with E-state index in [9.17, 15) is 13.2 Å². The van der Waals surface area contributed by atoms with E-state index in [0.717, 1.165) is 5.56 Å². The SMILES string of the molecule is COc1ccccc1C(C)C(=O)c1ccccc1S(=O)(=O)NC(C)(C)C. The van der Waals surface area contributed by atoms with Crippen LogP contribution in [0.5, 0.6) is 5.75 Å². The van der Waals surface area contributed by atoms with Gasteiger partial charge in [0.1, 0.15) is 5.75 Å². The Bertz CT molecular complexity index is 898. The highest BCUT2D eigenvalue weighted by Gasteiger charge is 2.29. The Kier molecular flexibility index (Phi) is 5.88. The lowest BCUT2D eigenvalue weighted by atomic mass is 9.91. The molecule has 0 spiro atoms. The van der Waals surface area contributed by atoms with Crippen LogP contribution in [0.25, 0.3) is 0 Å². The fourth-order valence-corrected chi connectivity index (χ4v) is 4.39. The van der Waals surface area contributed by atoms with Gasteiger partial charge in [-0.2, -0.15) is 0 Å². The minimum Gasteiger partial charge on any atom is -0.496 e.